The Bertz CT molecular complexity index is 198. The van der Waals surface area contributed by atoms with E-state index in [2.05, 4.69) is 4.38 Å². The van der Waals surface area contributed by atoms with Gasteiger partial charge in [-0.3, -0.25) is 0 Å². The fourth-order valence-corrected chi connectivity index (χ4v) is 0.283. The van der Waals surface area contributed by atoms with E-state index in [4.69, 9.17) is 5.39 Å². The summed E-state index contributed by atoms with van der Waals surface area (Å²) in [7, 11) is -3.56. The maximum absolute atomic E-state index is 10.3. The molecule has 0 heterocycles. The molecule has 0 saturated carbocycles. The van der Waals surface area contributed by atoms with Crippen molar-refractivity contribution in [1.82, 2.24) is 0 Å². The summed E-state index contributed by atoms with van der Waals surface area (Å²) in [5.41, 5.74) is 0. The topological polar surface area (TPSA) is 62.3 Å². The van der Waals surface area contributed by atoms with Gasteiger partial charge in [0.15, 0.2) is 0 Å². The van der Waals surface area contributed by atoms with Gasteiger partial charge >= 0.3 is 10.0 Å². The zero-order chi connectivity index (χ0) is 6.78. The third kappa shape index (κ3) is 1.46. The van der Waals surface area contributed by atoms with Gasteiger partial charge in [-0.15, -0.1) is 8.42 Å². The van der Waals surface area contributed by atoms with Gasteiger partial charge in [0.25, 0.3) is 4.38 Å². The van der Waals surface area contributed by atoms with Crippen molar-refractivity contribution in [3.8, 4) is 0 Å². The van der Waals surface area contributed by atoms with Crippen molar-refractivity contribution < 1.29 is 8.42 Å². The van der Waals surface area contributed by atoms with Gasteiger partial charge in [0, 0.05) is 0 Å². The molecule has 8 heavy (non-hydrogen) atoms. The largest absolute Gasteiger partial charge is 0.523 e. The minimum atomic E-state index is -3.56. The Morgan fingerprint density at radius 3 is 1.88 bits per heavy atom. The zero-order valence-electron chi connectivity index (χ0n) is 4.70. The lowest BCUT2D eigenvalue weighted by molar-refractivity contribution is 0.595. The number of diazo groups is 1. The molecule has 0 N–H and O–H groups in total. The lowest BCUT2D eigenvalue weighted by Crippen LogP contribution is -2.07. The van der Waals surface area contributed by atoms with Crippen molar-refractivity contribution in [2.45, 2.75) is 19.1 Å². The minimum Gasteiger partial charge on any atom is -0.145 e. The van der Waals surface area contributed by atoms with E-state index in [9.17, 15) is 8.42 Å². The molecular weight excluding hydrogens is 128 g/mol. The molecule has 4 nitrogen and oxygen atoms in total. The van der Waals surface area contributed by atoms with Crippen LogP contribution in [0, 0.1) is 5.39 Å². The lowest BCUT2D eigenvalue weighted by Gasteiger charge is -1.81. The van der Waals surface area contributed by atoms with Gasteiger partial charge in [-0.05, 0) is 13.8 Å². The Labute approximate surface area is 48.2 Å². The fourth-order valence-electron chi connectivity index (χ4n) is 0.0943. The molecule has 46 valence electrons. The average Bonchev–Trinajstić information content (AvgIpc) is 1.67. The molecule has 0 aromatic heterocycles. The number of sulfonamides is 1. The first-order chi connectivity index (χ1) is 3.50. The van der Waals surface area contributed by atoms with Crippen molar-refractivity contribution in [1.29, 1.82) is 5.39 Å². The summed E-state index contributed by atoms with van der Waals surface area (Å²) < 4.78 is 22.8. The van der Waals surface area contributed by atoms with Gasteiger partial charge in [-0.25, -0.2) is 0 Å². The monoisotopic (exact) mass is 135 g/mol. The highest BCUT2D eigenvalue weighted by atomic mass is 32.2. The molecule has 0 amide bonds. The summed E-state index contributed by atoms with van der Waals surface area (Å²) in [5, 5.41) is 7.17. The first kappa shape index (κ1) is 7.37. The molecular formula is C3H7N2O2S+. The van der Waals surface area contributed by atoms with E-state index in [0.29, 0.717) is 0 Å². The number of hydrogen-bond acceptors (Lipinski definition) is 3. The molecule has 0 aliphatic rings. The summed E-state index contributed by atoms with van der Waals surface area (Å²) in [6.07, 6.45) is 0. The molecule has 5 heteroatoms. The van der Waals surface area contributed by atoms with Crippen LogP contribution >= 0.6 is 0 Å². The van der Waals surface area contributed by atoms with Crippen LogP contribution in [0.2, 0.25) is 0 Å². The molecule has 0 radical (unpaired) electrons. The van der Waals surface area contributed by atoms with Crippen molar-refractivity contribution >= 4 is 10.0 Å². The summed E-state index contributed by atoms with van der Waals surface area (Å²) in [6, 6.07) is 0. The Hall–Kier alpha value is -0.630. The first-order valence-electron chi connectivity index (χ1n) is 2.11. The van der Waals surface area contributed by atoms with E-state index in [1.807, 2.05) is 0 Å². The van der Waals surface area contributed by atoms with Gasteiger partial charge in [-0.2, -0.15) is 0 Å². The number of hydrogen-bond donors (Lipinski definition) is 0. The quantitative estimate of drug-likeness (QED) is 0.494. The van der Waals surface area contributed by atoms with Crippen LogP contribution in [0.25, 0.3) is 4.38 Å². The Morgan fingerprint density at radius 1 is 1.50 bits per heavy atom. The van der Waals surface area contributed by atoms with Crippen molar-refractivity contribution in [3.63, 3.8) is 0 Å². The maximum atomic E-state index is 10.3. The van der Waals surface area contributed by atoms with E-state index < -0.39 is 15.3 Å². The lowest BCUT2D eigenvalue weighted by atomic mass is 10.6. The molecule has 0 unspecified atom stereocenters. The first-order valence-corrected chi connectivity index (χ1v) is 3.61. The van der Waals surface area contributed by atoms with Gasteiger partial charge in [0.2, 0.25) is 5.39 Å². The van der Waals surface area contributed by atoms with Crippen molar-refractivity contribution in [2.24, 2.45) is 0 Å². The second-order valence-corrected chi connectivity index (χ2v) is 3.78. The van der Waals surface area contributed by atoms with Crippen molar-refractivity contribution in [2.75, 3.05) is 0 Å². The third-order valence-electron chi connectivity index (χ3n) is 0.710. The van der Waals surface area contributed by atoms with Gasteiger partial charge in [-0.1, -0.05) is 0 Å². The number of rotatable bonds is 1. The average molecular weight is 135 g/mol. The van der Waals surface area contributed by atoms with Crippen molar-refractivity contribution in [3.05, 3.63) is 4.38 Å². The summed E-state index contributed by atoms with van der Waals surface area (Å²) in [6.45, 7) is 2.88. The third-order valence-corrected chi connectivity index (χ3v) is 2.13. The molecule has 0 saturated heterocycles. The fraction of sp³-hybridized carbons (Fsp3) is 1.00. The molecule has 0 atom stereocenters. The molecule has 0 fully saturated rings. The predicted octanol–water partition coefficient (Wildman–Crippen LogP) is 0.578. The minimum absolute atomic E-state index is 0.632. The van der Waals surface area contributed by atoms with E-state index >= 15 is 0 Å². The predicted molar refractivity (Wildman–Crippen MR) is 29.1 cm³/mol. The SMILES string of the molecule is CC(C)S(=O)(=O)[N+]#N. The van der Waals surface area contributed by atoms with Gasteiger partial charge in [0.05, 0.1) is 0 Å². The molecule has 0 rings (SSSR count). The van der Waals surface area contributed by atoms with Gasteiger partial charge < -0.3 is 0 Å². The smallest absolute Gasteiger partial charge is 0.145 e. The summed E-state index contributed by atoms with van der Waals surface area (Å²) in [5.74, 6) is 0. The Morgan fingerprint density at radius 2 is 1.88 bits per heavy atom. The van der Waals surface area contributed by atoms with Crippen LogP contribution in [0.4, 0.5) is 0 Å². The van der Waals surface area contributed by atoms with E-state index in [0.717, 1.165) is 0 Å². The summed E-state index contributed by atoms with van der Waals surface area (Å²) in [4.78, 5) is 0. The van der Waals surface area contributed by atoms with Crippen LogP contribution in [0.3, 0.4) is 0 Å². The normalized spacial score (nSPS) is 11.2. The summed E-state index contributed by atoms with van der Waals surface area (Å²) >= 11 is 0. The van der Waals surface area contributed by atoms with Crippen LogP contribution in [-0.2, 0) is 10.0 Å². The molecule has 0 spiro atoms. The second kappa shape index (κ2) is 2.09. The standard InChI is InChI=1S/C3H7N2O2S/c1-3(2)8(6,7)5-4/h3H,1-2H3/q+1. The molecule has 0 aromatic rings. The molecule has 0 bridgehead atoms. The van der Waals surface area contributed by atoms with Gasteiger partial charge in [0.1, 0.15) is 5.25 Å². The van der Waals surface area contributed by atoms with Crippen LogP contribution < -0.4 is 0 Å². The second-order valence-electron chi connectivity index (χ2n) is 1.65. The molecule has 0 aliphatic carbocycles. The Kier molecular flexibility index (Phi) is 1.93. The molecule has 0 aromatic carbocycles. The highest BCUT2D eigenvalue weighted by molar-refractivity contribution is 7.93. The molecule has 0 aliphatic heterocycles. The van der Waals surface area contributed by atoms with Crippen LogP contribution in [0.1, 0.15) is 13.8 Å². The van der Waals surface area contributed by atoms with E-state index in [1.54, 1.807) is 0 Å². The number of nitrogens with zero attached hydrogens (tertiary/aromatic N) is 2. The van der Waals surface area contributed by atoms with E-state index in [1.165, 1.54) is 13.8 Å². The highest BCUT2D eigenvalue weighted by Gasteiger charge is 2.27. The van der Waals surface area contributed by atoms with E-state index in [-0.39, 0.29) is 0 Å². The maximum Gasteiger partial charge on any atom is 0.523 e. The Balaban J connectivity index is 4.49. The van der Waals surface area contributed by atoms with Crippen LogP contribution in [0.5, 0.6) is 0 Å². The zero-order valence-corrected chi connectivity index (χ0v) is 5.51. The van der Waals surface area contributed by atoms with Crippen LogP contribution in [-0.4, -0.2) is 13.7 Å². The van der Waals surface area contributed by atoms with Crippen LogP contribution in [0.15, 0.2) is 0 Å². The highest BCUT2D eigenvalue weighted by Crippen LogP contribution is 1.99.